The molecule has 2 aromatic carbocycles. The molecule has 4 N–H and O–H groups in total. The van der Waals surface area contributed by atoms with Gasteiger partial charge in [0.2, 0.25) is 10.0 Å². The molecule has 0 aliphatic carbocycles. The van der Waals surface area contributed by atoms with Crippen LogP contribution in [0.4, 0.5) is 20.2 Å². The van der Waals surface area contributed by atoms with Gasteiger partial charge in [0.25, 0.3) is 5.56 Å². The van der Waals surface area contributed by atoms with Crippen LogP contribution >= 0.6 is 19.3 Å². The molecule has 3 aromatic rings. The van der Waals surface area contributed by atoms with Crippen molar-refractivity contribution in [1.82, 2.24) is 9.78 Å². The van der Waals surface area contributed by atoms with Gasteiger partial charge in [0.05, 0.1) is 23.8 Å². The van der Waals surface area contributed by atoms with E-state index in [2.05, 4.69) is 19.9 Å². The Morgan fingerprint density at radius 2 is 2.00 bits per heavy atom. The third kappa shape index (κ3) is 5.48. The van der Waals surface area contributed by atoms with Gasteiger partial charge in [-0.15, -0.1) is 11.8 Å². The summed E-state index contributed by atoms with van der Waals surface area (Å²) in [7, 11) is -8.23. The van der Waals surface area contributed by atoms with Crippen LogP contribution in [0, 0.1) is 11.6 Å². The molecule has 1 aromatic heterocycles. The number of aromatic nitrogens is 2. The maximum absolute atomic E-state index is 13.8. The second kappa shape index (κ2) is 9.90. The van der Waals surface area contributed by atoms with E-state index in [1.165, 1.54) is 30.0 Å². The molecule has 0 radical (unpaired) electrons. The number of amidine groups is 1. The SMILES string of the molecule is CS(=O)(=O)Nc1ccc2c(c1)P(=O)(O)N=C(c1c(O)c(C3C=CSC3)nn(Cc3ccc(F)c(F)c3)c1=O)N2. The van der Waals surface area contributed by atoms with Crippen molar-refractivity contribution in [2.24, 2.45) is 4.76 Å². The van der Waals surface area contributed by atoms with Gasteiger partial charge in [-0.05, 0) is 41.3 Å². The second-order valence-electron chi connectivity index (χ2n) is 8.81. The van der Waals surface area contributed by atoms with Gasteiger partial charge in [-0.25, -0.2) is 21.9 Å². The predicted octanol–water partition coefficient (Wildman–Crippen LogP) is 2.67. The van der Waals surface area contributed by atoms with Crippen LogP contribution in [-0.4, -0.2) is 46.0 Å². The summed E-state index contributed by atoms with van der Waals surface area (Å²) in [6, 6.07) is 6.92. The summed E-state index contributed by atoms with van der Waals surface area (Å²) < 4.78 is 70.6. The molecule has 2 aliphatic heterocycles. The molecule has 11 nitrogen and oxygen atoms in total. The van der Waals surface area contributed by atoms with Gasteiger partial charge in [-0.3, -0.25) is 14.1 Å². The molecule has 0 saturated heterocycles. The van der Waals surface area contributed by atoms with Gasteiger partial charge in [0.15, 0.2) is 23.2 Å². The molecule has 0 amide bonds. The molecule has 2 aliphatic rings. The minimum atomic E-state index is -4.56. The maximum Gasteiger partial charge on any atom is 0.346 e. The number of aromatic hydroxyl groups is 1. The monoisotopic (exact) mass is 595 g/mol. The van der Waals surface area contributed by atoms with E-state index < -0.39 is 57.8 Å². The maximum atomic E-state index is 13.8. The summed E-state index contributed by atoms with van der Waals surface area (Å²) >= 11 is 1.45. The number of nitrogens with zero attached hydrogens (tertiary/aromatic N) is 3. The van der Waals surface area contributed by atoms with Crippen molar-refractivity contribution in [1.29, 1.82) is 0 Å². The summed E-state index contributed by atoms with van der Waals surface area (Å²) in [5.41, 5.74) is -0.953. The Labute approximate surface area is 224 Å². The Hall–Kier alpha value is -3.52. The average Bonchev–Trinajstić information content (AvgIpc) is 3.37. The van der Waals surface area contributed by atoms with Crippen LogP contribution in [0.25, 0.3) is 0 Å². The zero-order valence-electron chi connectivity index (χ0n) is 20.0. The molecule has 204 valence electrons. The quantitative estimate of drug-likeness (QED) is 0.314. The van der Waals surface area contributed by atoms with Crippen molar-refractivity contribution < 1.29 is 31.8 Å². The first-order chi connectivity index (χ1) is 18.3. The summed E-state index contributed by atoms with van der Waals surface area (Å²) in [6.07, 6.45) is 2.69. The summed E-state index contributed by atoms with van der Waals surface area (Å²) in [6.45, 7) is -0.291. The molecule has 5 rings (SSSR count). The number of sulfonamides is 1. The highest BCUT2D eigenvalue weighted by Gasteiger charge is 2.35. The third-order valence-corrected chi connectivity index (χ3v) is 8.82. The highest BCUT2D eigenvalue weighted by Crippen LogP contribution is 2.47. The normalized spacial score (nSPS) is 20.3. The van der Waals surface area contributed by atoms with E-state index in [0.29, 0.717) is 5.75 Å². The molecule has 2 atom stereocenters. The van der Waals surface area contributed by atoms with E-state index in [1.54, 1.807) is 11.5 Å². The molecule has 0 bridgehead atoms. The van der Waals surface area contributed by atoms with E-state index in [0.717, 1.165) is 29.1 Å². The van der Waals surface area contributed by atoms with Crippen molar-refractivity contribution in [3.63, 3.8) is 0 Å². The van der Waals surface area contributed by atoms with E-state index in [-0.39, 0.29) is 34.5 Å². The zero-order valence-corrected chi connectivity index (χ0v) is 22.5. The van der Waals surface area contributed by atoms with Crippen LogP contribution in [-0.2, 0) is 21.1 Å². The number of nitrogens with one attached hydrogen (secondary N) is 2. The number of halogens is 2. The van der Waals surface area contributed by atoms with Crippen molar-refractivity contribution in [3.05, 3.63) is 86.7 Å². The zero-order chi connectivity index (χ0) is 28.1. The number of anilines is 2. The first-order valence-corrected chi connectivity index (χ1v) is 15.8. The van der Waals surface area contributed by atoms with Crippen LogP contribution in [0.3, 0.4) is 0 Å². The van der Waals surface area contributed by atoms with Crippen LogP contribution in [0.5, 0.6) is 5.75 Å². The average molecular weight is 596 g/mol. The topological polar surface area (TPSA) is 163 Å². The molecule has 16 heteroatoms. The van der Waals surface area contributed by atoms with E-state index in [9.17, 15) is 36.6 Å². The van der Waals surface area contributed by atoms with Crippen molar-refractivity contribution in [3.8, 4) is 5.75 Å². The van der Waals surface area contributed by atoms with Gasteiger partial charge in [-0.2, -0.15) is 9.86 Å². The number of hydrogen-bond donors (Lipinski definition) is 4. The van der Waals surface area contributed by atoms with E-state index in [4.69, 9.17) is 0 Å². The Kier molecular flexibility index (Phi) is 6.87. The summed E-state index contributed by atoms with van der Waals surface area (Å²) in [5, 5.41) is 19.8. The lowest BCUT2D eigenvalue weighted by Gasteiger charge is -2.24. The summed E-state index contributed by atoms with van der Waals surface area (Å²) in [5.74, 6) is -3.04. The highest BCUT2D eigenvalue weighted by molar-refractivity contribution is 8.02. The fourth-order valence-electron chi connectivity index (χ4n) is 4.11. The largest absolute Gasteiger partial charge is 0.505 e. The van der Waals surface area contributed by atoms with E-state index >= 15 is 0 Å². The standard InChI is InChI=1S/C23H20F2N5O6PS2/c1-39(35,36)29-14-3-5-17-18(9-14)37(33,34)28-22(26-17)19-21(31)20(13-6-7-38-11-13)27-30(23(19)32)10-12-2-4-15(24)16(25)8-12/h2-9,13,29,31H,10-11H2,1H3,(H2,26,28,33,34). The van der Waals surface area contributed by atoms with Crippen molar-refractivity contribution in [2.45, 2.75) is 12.5 Å². The predicted molar refractivity (Wildman–Crippen MR) is 144 cm³/mol. The minimum absolute atomic E-state index is 0.0272. The Morgan fingerprint density at radius 3 is 2.67 bits per heavy atom. The first kappa shape index (κ1) is 27.1. The fourth-order valence-corrected chi connectivity index (χ4v) is 6.83. The Bertz CT molecular complexity index is 1790. The number of thioether (sulfide) groups is 1. The summed E-state index contributed by atoms with van der Waals surface area (Å²) in [4.78, 5) is 24.3. The Balaban J connectivity index is 1.63. The van der Waals surface area contributed by atoms with Gasteiger partial charge in [-0.1, -0.05) is 12.1 Å². The van der Waals surface area contributed by atoms with Gasteiger partial charge < -0.3 is 15.3 Å². The third-order valence-electron chi connectivity index (χ3n) is 5.85. The van der Waals surface area contributed by atoms with Gasteiger partial charge >= 0.3 is 7.52 Å². The molecule has 0 spiro atoms. The number of hydrogen-bond acceptors (Lipinski definition) is 8. The van der Waals surface area contributed by atoms with Crippen LogP contribution < -0.4 is 20.9 Å². The van der Waals surface area contributed by atoms with Gasteiger partial charge in [0, 0.05) is 17.4 Å². The number of rotatable bonds is 6. The number of fused-ring (bicyclic) bond motifs is 1. The molecule has 0 saturated carbocycles. The minimum Gasteiger partial charge on any atom is -0.505 e. The molecule has 0 fully saturated rings. The molecular weight excluding hydrogens is 575 g/mol. The van der Waals surface area contributed by atoms with E-state index in [1.807, 2.05) is 0 Å². The van der Waals surface area contributed by atoms with Crippen molar-refractivity contribution >= 4 is 51.8 Å². The molecule has 3 heterocycles. The second-order valence-corrected chi connectivity index (χ2v) is 13.3. The lowest BCUT2D eigenvalue weighted by molar-refractivity contribution is 0.446. The number of benzene rings is 2. The first-order valence-electron chi connectivity index (χ1n) is 11.2. The lowest BCUT2D eigenvalue weighted by atomic mass is 10.0. The van der Waals surface area contributed by atoms with Crippen LogP contribution in [0.1, 0.15) is 22.7 Å². The van der Waals surface area contributed by atoms with Crippen molar-refractivity contribution in [2.75, 3.05) is 22.0 Å². The van der Waals surface area contributed by atoms with Crippen LogP contribution in [0.15, 0.2) is 57.4 Å². The van der Waals surface area contributed by atoms with Crippen LogP contribution in [0.2, 0.25) is 0 Å². The highest BCUT2D eigenvalue weighted by atomic mass is 32.2. The Morgan fingerprint density at radius 1 is 1.23 bits per heavy atom. The molecule has 39 heavy (non-hydrogen) atoms. The van der Waals surface area contributed by atoms with Gasteiger partial charge in [0.1, 0.15) is 11.3 Å². The lowest BCUT2D eigenvalue weighted by Crippen LogP contribution is -2.35. The smallest absolute Gasteiger partial charge is 0.346 e. The fraction of sp³-hybridized carbons (Fsp3) is 0.174. The molecular formula is C23H20F2N5O6PS2. The number of allylic oxidation sites excluding steroid dienone is 1. The molecule has 2 unspecified atom stereocenters.